The number of hydrogen-bond acceptors (Lipinski definition) is 9. The van der Waals surface area contributed by atoms with Crippen LogP contribution in [0.3, 0.4) is 0 Å². The van der Waals surface area contributed by atoms with Gasteiger partial charge in [0, 0.05) is 30.1 Å². The molecule has 30 heavy (non-hydrogen) atoms. The summed E-state index contributed by atoms with van der Waals surface area (Å²) in [6.45, 7) is 6.21. The van der Waals surface area contributed by atoms with Crippen LogP contribution in [-0.2, 0) is 16.0 Å². The molecule has 156 valence electrons. The van der Waals surface area contributed by atoms with Crippen molar-refractivity contribution in [2.24, 2.45) is 0 Å². The first-order valence-electron chi connectivity index (χ1n) is 9.86. The van der Waals surface area contributed by atoms with Gasteiger partial charge in [-0.1, -0.05) is 41.7 Å². The Hall–Kier alpha value is -2.88. The van der Waals surface area contributed by atoms with Gasteiger partial charge in [0.2, 0.25) is 0 Å². The van der Waals surface area contributed by atoms with Crippen LogP contribution < -0.4 is 5.32 Å². The fourth-order valence-electron chi connectivity index (χ4n) is 3.12. The van der Waals surface area contributed by atoms with Gasteiger partial charge in [0.25, 0.3) is 0 Å². The van der Waals surface area contributed by atoms with Crippen molar-refractivity contribution in [2.45, 2.75) is 13.5 Å². The van der Waals surface area contributed by atoms with Crippen LogP contribution in [0.15, 0.2) is 42.5 Å². The van der Waals surface area contributed by atoms with Gasteiger partial charge in [-0.05, 0) is 19.1 Å². The van der Waals surface area contributed by atoms with E-state index >= 15 is 0 Å². The summed E-state index contributed by atoms with van der Waals surface area (Å²) in [5, 5.41) is 12.0. The lowest BCUT2D eigenvalue weighted by atomic mass is 10.1. The van der Waals surface area contributed by atoms with E-state index in [9.17, 15) is 4.79 Å². The van der Waals surface area contributed by atoms with Crippen LogP contribution in [0.1, 0.15) is 22.3 Å². The number of rotatable bonds is 7. The third kappa shape index (κ3) is 4.99. The number of morpholine rings is 1. The predicted molar refractivity (Wildman–Crippen MR) is 115 cm³/mol. The molecule has 4 rings (SSSR count). The average Bonchev–Trinajstić information content (AvgIpc) is 3.17. The molecular weight excluding hydrogens is 402 g/mol. The maximum absolute atomic E-state index is 11.7. The van der Waals surface area contributed by atoms with Gasteiger partial charge in [-0.3, -0.25) is 4.90 Å². The molecule has 9 heteroatoms. The summed E-state index contributed by atoms with van der Waals surface area (Å²) in [5.74, 6) is 0.0410. The highest BCUT2D eigenvalue weighted by Crippen LogP contribution is 2.33. The van der Waals surface area contributed by atoms with Gasteiger partial charge in [-0.15, -0.1) is 10.2 Å². The van der Waals surface area contributed by atoms with Crippen LogP contribution in [0, 0.1) is 0 Å². The van der Waals surface area contributed by atoms with Crippen LogP contribution in [0.4, 0.5) is 10.9 Å². The van der Waals surface area contributed by atoms with E-state index in [4.69, 9.17) is 14.5 Å². The Morgan fingerprint density at radius 3 is 2.67 bits per heavy atom. The molecule has 0 atom stereocenters. The smallest absolute Gasteiger partial charge is 0.358 e. The Kier molecular flexibility index (Phi) is 6.63. The third-order valence-corrected chi connectivity index (χ3v) is 5.56. The van der Waals surface area contributed by atoms with Gasteiger partial charge in [0.1, 0.15) is 0 Å². The number of nitrogens with one attached hydrogen (secondary N) is 1. The van der Waals surface area contributed by atoms with E-state index in [-0.39, 0.29) is 5.69 Å². The van der Waals surface area contributed by atoms with Crippen molar-refractivity contribution in [3.63, 3.8) is 0 Å². The summed E-state index contributed by atoms with van der Waals surface area (Å²) in [4.78, 5) is 20.1. The molecule has 2 aromatic heterocycles. The van der Waals surface area contributed by atoms with Crippen LogP contribution in [-0.4, -0.2) is 59.0 Å². The molecule has 3 heterocycles. The first-order chi connectivity index (χ1) is 14.7. The number of anilines is 2. The van der Waals surface area contributed by atoms with Crippen molar-refractivity contribution in [1.29, 1.82) is 0 Å². The molecule has 3 aromatic rings. The fourth-order valence-corrected chi connectivity index (χ4v) is 4.15. The molecule has 8 nitrogen and oxygen atoms in total. The summed E-state index contributed by atoms with van der Waals surface area (Å²) in [6.07, 6.45) is 0. The third-order valence-electron chi connectivity index (χ3n) is 4.60. The fraction of sp³-hybridized carbons (Fsp3) is 0.333. The zero-order chi connectivity index (χ0) is 20.8. The highest BCUT2D eigenvalue weighted by molar-refractivity contribution is 7.16. The number of thiazole rings is 1. The second kappa shape index (κ2) is 9.75. The zero-order valence-electron chi connectivity index (χ0n) is 16.7. The lowest BCUT2D eigenvalue weighted by Crippen LogP contribution is -2.35. The van der Waals surface area contributed by atoms with E-state index in [0.29, 0.717) is 12.4 Å². The largest absolute Gasteiger partial charge is 0.461 e. The number of benzene rings is 1. The van der Waals surface area contributed by atoms with Crippen LogP contribution in [0.5, 0.6) is 0 Å². The Balaban J connectivity index is 1.55. The van der Waals surface area contributed by atoms with Gasteiger partial charge in [-0.2, -0.15) is 0 Å². The Bertz CT molecular complexity index is 972. The molecule has 1 aromatic carbocycles. The molecule has 1 fully saturated rings. The monoisotopic (exact) mass is 425 g/mol. The number of esters is 1. The minimum absolute atomic E-state index is 0.180. The first kappa shape index (κ1) is 20.4. The van der Waals surface area contributed by atoms with Gasteiger partial charge in [0.15, 0.2) is 16.6 Å². The minimum Gasteiger partial charge on any atom is -0.461 e. The maximum atomic E-state index is 11.7. The molecule has 1 saturated heterocycles. The number of aromatic nitrogens is 3. The molecule has 0 unspecified atom stereocenters. The van der Waals surface area contributed by atoms with Gasteiger partial charge >= 0.3 is 5.97 Å². The summed E-state index contributed by atoms with van der Waals surface area (Å²) < 4.78 is 10.4. The van der Waals surface area contributed by atoms with Crippen LogP contribution >= 0.6 is 11.3 Å². The van der Waals surface area contributed by atoms with Crippen molar-refractivity contribution in [3.05, 3.63) is 53.0 Å². The predicted octanol–water partition coefficient (Wildman–Crippen LogP) is 3.35. The summed E-state index contributed by atoms with van der Waals surface area (Å²) >= 11 is 1.60. The quantitative estimate of drug-likeness (QED) is 0.577. The van der Waals surface area contributed by atoms with E-state index in [0.717, 1.165) is 49.2 Å². The number of hydrogen-bond donors (Lipinski definition) is 1. The summed E-state index contributed by atoms with van der Waals surface area (Å²) in [7, 11) is 0. The average molecular weight is 426 g/mol. The Labute approximate surface area is 178 Å². The van der Waals surface area contributed by atoms with Gasteiger partial charge in [0.05, 0.1) is 25.5 Å². The molecule has 0 radical (unpaired) electrons. The minimum atomic E-state index is -0.482. The molecule has 0 amide bonds. The zero-order valence-corrected chi connectivity index (χ0v) is 17.5. The standard InChI is InChI=1S/C21H23N5O3S/c1-2-29-20(27)16-8-9-18(25-24-16)22-21-23-19(15-6-4-3-5-7-15)17(30-21)14-26-10-12-28-13-11-26/h3-9H,2,10-14H2,1H3,(H,22,23,25). The van der Waals surface area contributed by atoms with Crippen molar-refractivity contribution in [2.75, 3.05) is 38.2 Å². The highest BCUT2D eigenvalue weighted by Gasteiger charge is 2.18. The van der Waals surface area contributed by atoms with E-state index in [1.165, 1.54) is 4.88 Å². The van der Waals surface area contributed by atoms with E-state index in [1.807, 2.05) is 18.2 Å². The van der Waals surface area contributed by atoms with Gasteiger partial charge < -0.3 is 14.8 Å². The second-order valence-electron chi connectivity index (χ2n) is 6.69. The van der Waals surface area contributed by atoms with Crippen LogP contribution in [0.2, 0.25) is 0 Å². The SMILES string of the molecule is CCOC(=O)c1ccc(Nc2nc(-c3ccccc3)c(CN3CCOCC3)s2)nn1. The van der Waals surface area contributed by atoms with Gasteiger partial charge in [-0.25, -0.2) is 9.78 Å². The van der Waals surface area contributed by atoms with Crippen molar-refractivity contribution in [3.8, 4) is 11.3 Å². The maximum Gasteiger partial charge on any atom is 0.358 e. The number of carbonyl (C=O) groups excluding carboxylic acids is 1. The number of carbonyl (C=O) groups is 1. The highest BCUT2D eigenvalue weighted by atomic mass is 32.1. The van der Waals surface area contributed by atoms with E-state index < -0.39 is 5.97 Å². The summed E-state index contributed by atoms with van der Waals surface area (Å²) in [5.41, 5.74) is 2.22. The van der Waals surface area contributed by atoms with Crippen molar-refractivity contribution < 1.29 is 14.3 Å². The molecule has 0 aliphatic carbocycles. The molecule has 0 saturated carbocycles. The molecule has 1 aliphatic heterocycles. The summed E-state index contributed by atoms with van der Waals surface area (Å²) in [6, 6.07) is 13.4. The number of nitrogens with zero attached hydrogens (tertiary/aromatic N) is 4. The van der Waals surface area contributed by atoms with E-state index in [2.05, 4.69) is 32.5 Å². The van der Waals surface area contributed by atoms with E-state index in [1.54, 1.807) is 30.4 Å². The van der Waals surface area contributed by atoms with Crippen molar-refractivity contribution >= 4 is 28.3 Å². The molecule has 0 bridgehead atoms. The lowest BCUT2D eigenvalue weighted by molar-refractivity contribution is 0.0347. The first-order valence-corrected chi connectivity index (χ1v) is 10.7. The topological polar surface area (TPSA) is 89.5 Å². The van der Waals surface area contributed by atoms with Crippen molar-refractivity contribution in [1.82, 2.24) is 20.1 Å². The normalized spacial score (nSPS) is 14.4. The van der Waals surface area contributed by atoms with Crippen LogP contribution in [0.25, 0.3) is 11.3 Å². The lowest BCUT2D eigenvalue weighted by Gasteiger charge is -2.26. The number of ether oxygens (including phenoxy) is 2. The molecular formula is C21H23N5O3S. The molecule has 1 aliphatic rings. The Morgan fingerprint density at radius 1 is 1.17 bits per heavy atom. The molecule has 0 spiro atoms. The second-order valence-corrected chi connectivity index (χ2v) is 7.78. The molecule has 1 N–H and O–H groups in total. The Morgan fingerprint density at radius 2 is 1.97 bits per heavy atom.